The van der Waals surface area contributed by atoms with Gasteiger partial charge in [-0.2, -0.15) is 0 Å². The third-order valence-corrected chi connectivity index (χ3v) is 5.29. The van der Waals surface area contributed by atoms with Crippen LogP contribution in [0.1, 0.15) is 98.8 Å². The summed E-state index contributed by atoms with van der Waals surface area (Å²) < 4.78 is 0. The number of phenols is 1. The van der Waals surface area contributed by atoms with Gasteiger partial charge in [0.25, 0.3) is 0 Å². The van der Waals surface area contributed by atoms with E-state index in [2.05, 4.69) is 18.7 Å². The molecule has 3 aliphatic rings. The molecule has 0 aromatic heterocycles. The number of benzene rings is 1. The molecule has 1 N–H and O–H groups in total. The van der Waals surface area contributed by atoms with Crippen LogP contribution in [0.25, 0.3) is 0 Å². The van der Waals surface area contributed by atoms with Crippen molar-refractivity contribution in [3.05, 3.63) is 22.8 Å². The number of phenolic OH excluding ortho intramolecular Hbond substituents is 1. The molecule has 0 saturated heterocycles. The molecule has 0 saturated carbocycles. The lowest BCUT2D eigenvalue weighted by Gasteiger charge is -2.41. The molecule has 3 nitrogen and oxygen atoms in total. The SMILES string of the molecule is CCCCCC1c2cc(C=O)c(O)c3c2C(CCCCC)N31. The van der Waals surface area contributed by atoms with Crippen LogP contribution >= 0.6 is 0 Å². The molecule has 120 valence electrons. The molecule has 22 heavy (non-hydrogen) atoms. The zero-order valence-corrected chi connectivity index (χ0v) is 13.8. The molecule has 4 rings (SSSR count). The van der Waals surface area contributed by atoms with Gasteiger partial charge in [-0.3, -0.25) is 4.79 Å². The lowest BCUT2D eigenvalue weighted by molar-refractivity contribution is 0.112. The highest BCUT2D eigenvalue weighted by Crippen LogP contribution is 2.64. The fraction of sp³-hybridized carbons (Fsp3) is 0.632. The van der Waals surface area contributed by atoms with Crippen LogP contribution in [0.5, 0.6) is 5.75 Å². The molecule has 0 fully saturated rings. The van der Waals surface area contributed by atoms with Crippen LogP contribution in [0.3, 0.4) is 0 Å². The number of nitrogens with zero attached hydrogens (tertiary/aromatic N) is 1. The molecule has 4 bridgehead atoms. The minimum absolute atomic E-state index is 0.207. The molecule has 0 amide bonds. The first-order valence-corrected chi connectivity index (χ1v) is 8.87. The smallest absolute Gasteiger partial charge is 0.153 e. The van der Waals surface area contributed by atoms with Crippen molar-refractivity contribution in [1.82, 2.24) is 0 Å². The minimum atomic E-state index is 0.207. The van der Waals surface area contributed by atoms with Crippen LogP contribution in [0, 0.1) is 0 Å². The fourth-order valence-corrected chi connectivity index (χ4v) is 4.20. The number of hydrogen-bond acceptors (Lipinski definition) is 3. The number of aldehydes is 1. The van der Waals surface area contributed by atoms with Gasteiger partial charge in [-0.25, -0.2) is 0 Å². The van der Waals surface area contributed by atoms with E-state index in [-0.39, 0.29) is 5.75 Å². The van der Waals surface area contributed by atoms with Crippen molar-refractivity contribution < 1.29 is 9.90 Å². The normalized spacial score (nSPS) is 21.1. The van der Waals surface area contributed by atoms with E-state index in [4.69, 9.17) is 0 Å². The van der Waals surface area contributed by atoms with Gasteiger partial charge in [-0.05, 0) is 24.5 Å². The first-order chi connectivity index (χ1) is 10.7. The Bertz CT molecular complexity index is 567. The second kappa shape index (κ2) is 6.31. The molecule has 0 radical (unpaired) electrons. The van der Waals surface area contributed by atoms with Crippen molar-refractivity contribution in [2.45, 2.75) is 77.3 Å². The Morgan fingerprint density at radius 3 is 2.32 bits per heavy atom. The molecule has 3 heterocycles. The maximum absolute atomic E-state index is 11.2. The standard InChI is InChI=1S/C19H27NO2/c1-3-5-7-9-15-14-11-13(12-21)19(22)18-17(14)16(20(15)18)10-8-6-4-2/h11-12,15-16,22H,3-10H2,1-2H3. The highest BCUT2D eigenvalue weighted by atomic mass is 16.3. The highest BCUT2D eigenvalue weighted by molar-refractivity contribution is 5.92. The van der Waals surface area contributed by atoms with Gasteiger partial charge in [0, 0.05) is 5.56 Å². The fourth-order valence-electron chi connectivity index (χ4n) is 4.20. The summed E-state index contributed by atoms with van der Waals surface area (Å²) in [6.45, 7) is 4.45. The summed E-state index contributed by atoms with van der Waals surface area (Å²) in [7, 11) is 0. The number of aromatic hydroxyl groups is 1. The van der Waals surface area contributed by atoms with Gasteiger partial charge in [0.15, 0.2) is 6.29 Å². The molecule has 0 aliphatic carbocycles. The number of rotatable bonds is 9. The summed E-state index contributed by atoms with van der Waals surface area (Å²) >= 11 is 0. The summed E-state index contributed by atoms with van der Waals surface area (Å²) in [6.07, 6.45) is 10.5. The molecule has 0 spiro atoms. The Labute approximate surface area is 133 Å². The summed E-state index contributed by atoms with van der Waals surface area (Å²) in [5, 5.41) is 10.3. The van der Waals surface area contributed by atoms with E-state index in [0.717, 1.165) is 18.4 Å². The van der Waals surface area contributed by atoms with E-state index in [1.165, 1.54) is 56.1 Å². The van der Waals surface area contributed by atoms with Gasteiger partial charge in [-0.1, -0.05) is 52.4 Å². The molecule has 1 aromatic rings. The van der Waals surface area contributed by atoms with E-state index in [0.29, 0.717) is 17.6 Å². The first-order valence-electron chi connectivity index (χ1n) is 8.87. The lowest BCUT2D eigenvalue weighted by Crippen LogP contribution is -2.32. The first kappa shape index (κ1) is 15.4. The van der Waals surface area contributed by atoms with Crippen molar-refractivity contribution in [3.8, 4) is 5.75 Å². The van der Waals surface area contributed by atoms with Gasteiger partial charge < -0.3 is 10.0 Å². The largest absolute Gasteiger partial charge is 0.505 e. The molecule has 3 aliphatic heterocycles. The summed E-state index contributed by atoms with van der Waals surface area (Å²) in [6, 6.07) is 2.81. The maximum Gasteiger partial charge on any atom is 0.153 e. The number of carbonyl (C=O) groups is 1. The molecule has 1 aromatic carbocycles. The van der Waals surface area contributed by atoms with Crippen LogP contribution in [0.15, 0.2) is 6.07 Å². The second-order valence-corrected chi connectivity index (χ2v) is 6.71. The Balaban J connectivity index is 1.83. The van der Waals surface area contributed by atoms with Crippen molar-refractivity contribution >= 4 is 12.0 Å². The zero-order chi connectivity index (χ0) is 15.7. The van der Waals surface area contributed by atoms with Crippen molar-refractivity contribution in [3.63, 3.8) is 0 Å². The van der Waals surface area contributed by atoms with Crippen molar-refractivity contribution in [1.29, 1.82) is 0 Å². The number of anilines is 1. The predicted octanol–water partition coefficient (Wildman–Crippen LogP) is 5.28. The topological polar surface area (TPSA) is 40.5 Å². The number of unbranched alkanes of at least 4 members (excludes halogenated alkanes) is 4. The molecule has 2 unspecified atom stereocenters. The van der Waals surface area contributed by atoms with E-state index >= 15 is 0 Å². The molecular weight excluding hydrogens is 274 g/mol. The van der Waals surface area contributed by atoms with Crippen LogP contribution < -0.4 is 4.90 Å². The van der Waals surface area contributed by atoms with Crippen LogP contribution in [0.2, 0.25) is 0 Å². The van der Waals surface area contributed by atoms with Gasteiger partial charge in [-0.15, -0.1) is 0 Å². The molecule has 2 atom stereocenters. The Kier molecular flexibility index (Phi) is 4.42. The summed E-state index contributed by atoms with van der Waals surface area (Å²) in [5.74, 6) is 0.207. The Morgan fingerprint density at radius 1 is 1.09 bits per heavy atom. The van der Waals surface area contributed by atoms with Crippen LogP contribution in [-0.4, -0.2) is 11.4 Å². The van der Waals surface area contributed by atoms with E-state index in [1.807, 2.05) is 6.07 Å². The predicted molar refractivity (Wildman–Crippen MR) is 89.7 cm³/mol. The third-order valence-electron chi connectivity index (χ3n) is 5.29. The second-order valence-electron chi connectivity index (χ2n) is 6.71. The average Bonchev–Trinajstić information content (AvgIpc) is 2.94. The van der Waals surface area contributed by atoms with Crippen molar-refractivity contribution in [2.75, 3.05) is 4.90 Å². The van der Waals surface area contributed by atoms with Crippen molar-refractivity contribution in [2.24, 2.45) is 0 Å². The van der Waals surface area contributed by atoms with E-state index in [1.54, 1.807) is 0 Å². The average molecular weight is 301 g/mol. The summed E-state index contributed by atoms with van der Waals surface area (Å²) in [4.78, 5) is 13.6. The van der Waals surface area contributed by atoms with Gasteiger partial charge in [0.1, 0.15) is 5.75 Å². The van der Waals surface area contributed by atoms with E-state index < -0.39 is 0 Å². The van der Waals surface area contributed by atoms with Gasteiger partial charge in [0.05, 0.1) is 23.3 Å². The van der Waals surface area contributed by atoms with Crippen LogP contribution in [0.4, 0.5) is 5.69 Å². The Morgan fingerprint density at radius 2 is 1.73 bits per heavy atom. The quantitative estimate of drug-likeness (QED) is 0.498. The maximum atomic E-state index is 11.2. The monoisotopic (exact) mass is 301 g/mol. The Hall–Kier alpha value is -1.51. The molecule has 3 heteroatoms. The third kappa shape index (κ3) is 2.22. The highest BCUT2D eigenvalue weighted by Gasteiger charge is 2.51. The lowest BCUT2D eigenvalue weighted by atomic mass is 9.90. The number of carbonyl (C=O) groups excluding carboxylic acids is 1. The molecular formula is C19H27NO2. The van der Waals surface area contributed by atoms with Crippen LogP contribution in [-0.2, 0) is 0 Å². The summed E-state index contributed by atoms with van der Waals surface area (Å²) in [5.41, 5.74) is 4.07. The number of hydrogen-bond donors (Lipinski definition) is 1. The zero-order valence-electron chi connectivity index (χ0n) is 13.8. The minimum Gasteiger partial charge on any atom is -0.505 e. The van der Waals surface area contributed by atoms with E-state index in [9.17, 15) is 9.90 Å². The van der Waals surface area contributed by atoms with Gasteiger partial charge in [0.2, 0.25) is 0 Å². The van der Waals surface area contributed by atoms with Gasteiger partial charge >= 0.3 is 0 Å².